The number of fused-ring (bicyclic) bond motifs is 2. The van der Waals surface area contributed by atoms with Gasteiger partial charge >= 0.3 is 0 Å². The van der Waals surface area contributed by atoms with Crippen molar-refractivity contribution in [2.45, 2.75) is 43.7 Å². The van der Waals surface area contributed by atoms with E-state index in [1.54, 1.807) is 0 Å². The molecule has 0 aromatic rings. The Labute approximate surface area is 162 Å². The van der Waals surface area contributed by atoms with Gasteiger partial charge in [0.2, 0.25) is 0 Å². The molecule has 0 spiro atoms. The van der Waals surface area contributed by atoms with Crippen molar-refractivity contribution in [1.29, 1.82) is 0 Å². The van der Waals surface area contributed by atoms with Gasteiger partial charge in [-0.15, -0.1) is 0 Å². The van der Waals surface area contributed by atoms with Gasteiger partial charge in [-0.05, 0) is 42.9 Å². The molecule has 0 aromatic heterocycles. The predicted octanol–water partition coefficient (Wildman–Crippen LogP) is 0.848. The number of rotatable bonds is 12. The third-order valence-electron chi connectivity index (χ3n) is 7.59. The van der Waals surface area contributed by atoms with Gasteiger partial charge in [-0.25, -0.2) is 0 Å². The van der Waals surface area contributed by atoms with E-state index in [9.17, 15) is 0 Å². The maximum absolute atomic E-state index is 5.49. The predicted molar refractivity (Wildman–Crippen MR) is 99.7 cm³/mol. The molecular formula is C21H34N2O4. The molecule has 6 rings (SSSR count). The summed E-state index contributed by atoms with van der Waals surface area (Å²) < 4.78 is 22.0. The molecule has 8 atom stereocenters. The summed E-state index contributed by atoms with van der Waals surface area (Å²) in [5, 5.41) is 0. The fraction of sp³-hybridized carbons (Fsp3) is 1.00. The van der Waals surface area contributed by atoms with Crippen LogP contribution in [-0.4, -0.2) is 99.9 Å². The highest BCUT2D eigenvalue weighted by Gasteiger charge is 2.47. The summed E-state index contributed by atoms with van der Waals surface area (Å²) in [6.07, 6.45) is 6.34. The van der Waals surface area contributed by atoms with Crippen LogP contribution in [0.3, 0.4) is 0 Å². The van der Waals surface area contributed by atoms with Gasteiger partial charge < -0.3 is 18.9 Å². The molecule has 8 unspecified atom stereocenters. The minimum Gasteiger partial charge on any atom is -0.372 e. The van der Waals surface area contributed by atoms with Crippen LogP contribution in [0.1, 0.15) is 19.3 Å². The Kier molecular flexibility index (Phi) is 4.71. The largest absolute Gasteiger partial charge is 0.372 e. The molecule has 0 aromatic carbocycles. The third kappa shape index (κ3) is 4.68. The van der Waals surface area contributed by atoms with Crippen molar-refractivity contribution in [3.05, 3.63) is 0 Å². The summed E-state index contributed by atoms with van der Waals surface area (Å²) in [5.41, 5.74) is 0. The summed E-state index contributed by atoms with van der Waals surface area (Å²) in [5.74, 6) is 3.68. The minimum atomic E-state index is 0.498. The van der Waals surface area contributed by atoms with E-state index >= 15 is 0 Å². The molecule has 2 saturated carbocycles. The summed E-state index contributed by atoms with van der Waals surface area (Å²) in [6.45, 7) is 10.9. The SMILES string of the molecule is C1OC1CN(CC1CO1)CC1CC2CC1CC2CN(CC1CO1)CC1CO1. The Morgan fingerprint density at radius 1 is 0.481 bits per heavy atom. The number of nitrogens with zero attached hydrogens (tertiary/aromatic N) is 2. The van der Waals surface area contributed by atoms with Crippen LogP contribution in [0.5, 0.6) is 0 Å². The van der Waals surface area contributed by atoms with Gasteiger partial charge in [-0.2, -0.15) is 0 Å². The van der Waals surface area contributed by atoms with Crippen LogP contribution >= 0.6 is 0 Å². The zero-order valence-corrected chi connectivity index (χ0v) is 16.3. The highest BCUT2D eigenvalue weighted by atomic mass is 16.6. The first-order chi connectivity index (χ1) is 13.3. The lowest BCUT2D eigenvalue weighted by Crippen LogP contribution is -2.40. The Balaban J connectivity index is 1.01. The van der Waals surface area contributed by atoms with Gasteiger partial charge in [0.05, 0.1) is 50.8 Å². The van der Waals surface area contributed by atoms with Gasteiger partial charge in [-0.1, -0.05) is 0 Å². The molecule has 152 valence electrons. The standard InChI is InChI=1S/C21H34N2O4/c1-14-2-16(4-22(6-18-10-24-18)7-19-11-25-19)15(1)3-17(14)5-23(8-20-12-26-20)9-21-13-27-21/h14-21H,1-13H2. The molecule has 2 aliphatic carbocycles. The fourth-order valence-corrected chi connectivity index (χ4v) is 5.92. The summed E-state index contributed by atoms with van der Waals surface area (Å²) >= 11 is 0. The lowest BCUT2D eigenvalue weighted by molar-refractivity contribution is 0.125. The first-order valence-electron chi connectivity index (χ1n) is 11.2. The van der Waals surface area contributed by atoms with Crippen molar-refractivity contribution >= 4 is 0 Å². The second kappa shape index (κ2) is 7.22. The van der Waals surface area contributed by atoms with Gasteiger partial charge in [-0.3, -0.25) is 9.80 Å². The fourth-order valence-electron chi connectivity index (χ4n) is 5.92. The number of hydrogen-bond acceptors (Lipinski definition) is 6. The van der Waals surface area contributed by atoms with Gasteiger partial charge in [0, 0.05) is 39.3 Å². The van der Waals surface area contributed by atoms with E-state index < -0.39 is 0 Å². The van der Waals surface area contributed by atoms with Crippen molar-refractivity contribution < 1.29 is 18.9 Å². The number of ether oxygens (including phenoxy) is 4. The normalized spacial score (nSPS) is 46.4. The van der Waals surface area contributed by atoms with E-state index in [1.807, 2.05) is 0 Å². The average molecular weight is 379 g/mol. The molecule has 4 saturated heterocycles. The molecule has 6 nitrogen and oxygen atoms in total. The highest BCUT2D eigenvalue weighted by molar-refractivity contribution is 4.98. The summed E-state index contributed by atoms with van der Waals surface area (Å²) in [6, 6.07) is 0. The topological polar surface area (TPSA) is 56.6 Å². The maximum atomic E-state index is 5.49. The molecular weight excluding hydrogens is 344 g/mol. The highest BCUT2D eigenvalue weighted by Crippen LogP contribution is 2.52. The lowest BCUT2D eigenvalue weighted by atomic mass is 9.81. The van der Waals surface area contributed by atoms with E-state index in [4.69, 9.17) is 18.9 Å². The molecule has 6 fully saturated rings. The Morgan fingerprint density at radius 3 is 1.07 bits per heavy atom. The van der Waals surface area contributed by atoms with Crippen LogP contribution in [0.4, 0.5) is 0 Å². The van der Waals surface area contributed by atoms with Gasteiger partial charge in [0.25, 0.3) is 0 Å². The van der Waals surface area contributed by atoms with Gasteiger partial charge in [0.15, 0.2) is 0 Å². The van der Waals surface area contributed by atoms with E-state index in [0.29, 0.717) is 24.4 Å². The average Bonchev–Trinajstić information content (AvgIpc) is 3.44. The van der Waals surface area contributed by atoms with Crippen molar-refractivity contribution in [3.8, 4) is 0 Å². The van der Waals surface area contributed by atoms with Crippen LogP contribution in [-0.2, 0) is 18.9 Å². The Bertz CT molecular complexity index is 458. The number of hydrogen-bond donors (Lipinski definition) is 0. The molecule has 0 N–H and O–H groups in total. The van der Waals surface area contributed by atoms with E-state index in [2.05, 4.69) is 9.80 Å². The van der Waals surface area contributed by atoms with Crippen molar-refractivity contribution in [1.82, 2.24) is 9.80 Å². The van der Waals surface area contributed by atoms with Crippen LogP contribution in [0.2, 0.25) is 0 Å². The van der Waals surface area contributed by atoms with E-state index in [0.717, 1.165) is 76.3 Å². The van der Waals surface area contributed by atoms with Crippen molar-refractivity contribution in [3.63, 3.8) is 0 Å². The second-order valence-corrected chi connectivity index (χ2v) is 10.0. The molecule has 4 aliphatic heterocycles. The second-order valence-electron chi connectivity index (χ2n) is 10.0. The van der Waals surface area contributed by atoms with Crippen LogP contribution < -0.4 is 0 Å². The Hall–Kier alpha value is -0.240. The molecule has 27 heavy (non-hydrogen) atoms. The summed E-state index contributed by atoms with van der Waals surface area (Å²) in [4.78, 5) is 5.30. The molecule has 4 heterocycles. The van der Waals surface area contributed by atoms with Crippen molar-refractivity contribution in [2.24, 2.45) is 23.7 Å². The zero-order valence-electron chi connectivity index (χ0n) is 16.3. The van der Waals surface area contributed by atoms with Crippen LogP contribution in [0, 0.1) is 23.7 Å². The monoisotopic (exact) mass is 378 g/mol. The van der Waals surface area contributed by atoms with Crippen molar-refractivity contribution in [2.75, 3.05) is 65.7 Å². The van der Waals surface area contributed by atoms with Crippen LogP contribution in [0.25, 0.3) is 0 Å². The molecule has 0 amide bonds. The summed E-state index contributed by atoms with van der Waals surface area (Å²) in [7, 11) is 0. The molecule has 6 aliphatic rings. The number of epoxide rings is 4. The minimum absolute atomic E-state index is 0.498. The lowest BCUT2D eigenvalue weighted by Gasteiger charge is -2.34. The molecule has 0 radical (unpaired) electrons. The first-order valence-corrected chi connectivity index (χ1v) is 11.2. The van der Waals surface area contributed by atoms with E-state index in [1.165, 1.54) is 32.4 Å². The van der Waals surface area contributed by atoms with E-state index in [-0.39, 0.29) is 0 Å². The quantitative estimate of drug-likeness (QED) is 0.469. The Morgan fingerprint density at radius 2 is 0.815 bits per heavy atom. The zero-order chi connectivity index (χ0) is 17.8. The third-order valence-corrected chi connectivity index (χ3v) is 7.59. The maximum Gasteiger partial charge on any atom is 0.0936 e. The van der Waals surface area contributed by atoms with Gasteiger partial charge in [0.1, 0.15) is 0 Å². The smallest absolute Gasteiger partial charge is 0.0936 e. The molecule has 6 heteroatoms. The molecule has 2 bridgehead atoms. The van der Waals surface area contributed by atoms with Crippen LogP contribution in [0.15, 0.2) is 0 Å². The first kappa shape index (κ1) is 17.6.